The molecule has 2 heterocycles. The van der Waals surface area contributed by atoms with E-state index >= 15 is 0 Å². The minimum absolute atomic E-state index is 0.0847. The van der Waals surface area contributed by atoms with Gasteiger partial charge in [0.15, 0.2) is 12.3 Å². The number of nitrogens with two attached hydrogens (primary N) is 1. The lowest BCUT2D eigenvalue weighted by Crippen LogP contribution is -2.86. The van der Waals surface area contributed by atoms with E-state index in [1.165, 1.54) is 11.3 Å². The predicted octanol–water partition coefficient (Wildman–Crippen LogP) is 2.35. The van der Waals surface area contributed by atoms with Crippen LogP contribution in [0, 0.1) is 11.3 Å². The molecule has 2 aromatic rings. The van der Waals surface area contributed by atoms with Crippen molar-refractivity contribution < 1.29 is 14.5 Å². The molecule has 0 saturated heterocycles. The van der Waals surface area contributed by atoms with E-state index in [1.54, 1.807) is 17.6 Å². The first-order valence-electron chi connectivity index (χ1n) is 7.90. The van der Waals surface area contributed by atoms with Gasteiger partial charge in [-0.25, -0.2) is 0 Å². The normalized spacial score (nSPS) is 14.8. The van der Waals surface area contributed by atoms with Gasteiger partial charge < -0.3 is 15.1 Å². The van der Waals surface area contributed by atoms with Crippen molar-refractivity contribution in [1.29, 1.82) is 5.26 Å². The van der Waals surface area contributed by atoms with Crippen LogP contribution < -0.4 is 10.6 Å². The highest BCUT2D eigenvalue weighted by atomic mass is 32.1. The van der Waals surface area contributed by atoms with Crippen LogP contribution in [0.1, 0.15) is 47.6 Å². The Kier molecular flexibility index (Phi) is 4.79. The Labute approximate surface area is 139 Å². The quantitative estimate of drug-likeness (QED) is 0.883. The molecule has 0 bridgehead atoms. The van der Waals surface area contributed by atoms with Crippen LogP contribution in [0.2, 0.25) is 0 Å². The highest BCUT2D eigenvalue weighted by Gasteiger charge is 2.22. The summed E-state index contributed by atoms with van der Waals surface area (Å²) in [4.78, 5) is 13.5. The van der Waals surface area contributed by atoms with Crippen molar-refractivity contribution in [1.82, 2.24) is 0 Å². The van der Waals surface area contributed by atoms with Crippen LogP contribution in [-0.4, -0.2) is 12.5 Å². The Balaban J connectivity index is 1.62. The van der Waals surface area contributed by atoms with Crippen molar-refractivity contribution >= 4 is 22.2 Å². The van der Waals surface area contributed by atoms with Crippen LogP contribution in [0.3, 0.4) is 0 Å². The molecule has 5 nitrogen and oxygen atoms in total. The molecule has 6 heteroatoms. The van der Waals surface area contributed by atoms with E-state index in [9.17, 15) is 10.1 Å². The number of rotatable bonds is 5. The number of nitrogens with zero attached hydrogens (tertiary/aromatic N) is 1. The van der Waals surface area contributed by atoms with Crippen LogP contribution in [-0.2, 0) is 17.6 Å². The number of thiophene rings is 1. The van der Waals surface area contributed by atoms with E-state index in [0.29, 0.717) is 17.1 Å². The maximum absolute atomic E-state index is 12.2. The number of nitriles is 1. The third-order valence-electron chi connectivity index (χ3n) is 4.18. The summed E-state index contributed by atoms with van der Waals surface area (Å²) in [5.74, 6) is 0.764. The summed E-state index contributed by atoms with van der Waals surface area (Å²) in [6, 6.07) is 6.10. The second-order valence-corrected chi connectivity index (χ2v) is 6.92. The minimum atomic E-state index is -0.0847. The topological polar surface area (TPSA) is 82.6 Å². The molecule has 3 rings (SSSR count). The molecule has 0 saturated carbocycles. The lowest BCUT2D eigenvalue weighted by atomic mass is 9.96. The predicted molar refractivity (Wildman–Crippen MR) is 88.2 cm³/mol. The number of furan rings is 1. The van der Waals surface area contributed by atoms with Gasteiger partial charge in [-0.2, -0.15) is 5.26 Å². The number of anilines is 1. The maximum Gasteiger partial charge on any atom is 0.280 e. The number of fused-ring (bicyclic) bond motifs is 1. The third kappa shape index (κ3) is 3.46. The molecule has 1 amide bonds. The molecule has 0 spiro atoms. The van der Waals surface area contributed by atoms with Gasteiger partial charge >= 0.3 is 0 Å². The highest BCUT2D eigenvalue weighted by Crippen LogP contribution is 2.37. The number of quaternary nitrogens is 1. The van der Waals surface area contributed by atoms with Crippen molar-refractivity contribution in [2.45, 2.75) is 38.6 Å². The molecule has 0 radical (unpaired) electrons. The number of nitrogens with one attached hydrogen (secondary N) is 1. The average Bonchev–Trinajstić information content (AvgIpc) is 3.19. The number of carbonyl (C=O) groups excluding carboxylic acids is 1. The fraction of sp³-hybridized carbons (Fsp3) is 0.412. The minimum Gasteiger partial charge on any atom is -0.463 e. The lowest BCUT2D eigenvalue weighted by molar-refractivity contribution is -0.684. The van der Waals surface area contributed by atoms with E-state index in [4.69, 9.17) is 4.42 Å². The molecule has 3 N–H and O–H groups in total. The van der Waals surface area contributed by atoms with E-state index in [0.717, 1.165) is 30.6 Å². The molecule has 0 fully saturated rings. The van der Waals surface area contributed by atoms with Crippen LogP contribution in [0.15, 0.2) is 22.8 Å². The number of amides is 1. The van der Waals surface area contributed by atoms with Crippen LogP contribution in [0.4, 0.5) is 5.00 Å². The largest absolute Gasteiger partial charge is 0.463 e. The first-order valence-corrected chi connectivity index (χ1v) is 8.72. The number of aryl methyl sites for hydroxylation is 1. The summed E-state index contributed by atoms with van der Waals surface area (Å²) in [6.45, 7) is 2.30. The second-order valence-electron chi connectivity index (χ2n) is 5.82. The summed E-state index contributed by atoms with van der Waals surface area (Å²) < 4.78 is 5.33. The first-order chi connectivity index (χ1) is 11.2. The van der Waals surface area contributed by atoms with Gasteiger partial charge in [-0.05, 0) is 50.3 Å². The van der Waals surface area contributed by atoms with Gasteiger partial charge in [-0.15, -0.1) is 11.3 Å². The standard InChI is InChI=1S/C17H19N3O2S/c1-11(14-6-4-8-22-14)19-10-16(21)20-17-13(9-18)12-5-2-3-7-15(12)23-17/h4,6,8,11,19H,2-3,5,7,10H2,1H3,(H,20,21)/p+1/t11-/m1/s1. The van der Waals surface area contributed by atoms with E-state index in [2.05, 4.69) is 11.4 Å². The monoisotopic (exact) mass is 330 g/mol. The highest BCUT2D eigenvalue weighted by molar-refractivity contribution is 7.16. The number of carbonyl (C=O) groups is 1. The second kappa shape index (κ2) is 6.99. The van der Waals surface area contributed by atoms with E-state index in [1.807, 2.05) is 24.4 Å². The zero-order valence-electron chi connectivity index (χ0n) is 13.1. The molecule has 1 aliphatic carbocycles. The maximum atomic E-state index is 12.2. The lowest BCUT2D eigenvalue weighted by Gasteiger charge is -2.09. The molecular weight excluding hydrogens is 310 g/mol. The van der Waals surface area contributed by atoms with Gasteiger partial charge in [0.1, 0.15) is 17.1 Å². The zero-order valence-corrected chi connectivity index (χ0v) is 13.9. The Morgan fingerprint density at radius 1 is 1.52 bits per heavy atom. The smallest absolute Gasteiger partial charge is 0.280 e. The SMILES string of the molecule is C[C@@H]([NH2+]CC(=O)Nc1sc2c(c1C#N)CCCC2)c1ccco1. The molecule has 0 aromatic carbocycles. The van der Waals surface area contributed by atoms with Crippen molar-refractivity contribution in [3.8, 4) is 6.07 Å². The van der Waals surface area contributed by atoms with Crippen molar-refractivity contribution in [3.63, 3.8) is 0 Å². The average molecular weight is 330 g/mol. The molecule has 1 atom stereocenters. The molecule has 2 aromatic heterocycles. The Hall–Kier alpha value is -2.10. The Morgan fingerprint density at radius 2 is 2.35 bits per heavy atom. The van der Waals surface area contributed by atoms with Crippen molar-refractivity contribution in [2.75, 3.05) is 11.9 Å². The summed E-state index contributed by atoms with van der Waals surface area (Å²) in [5, 5.41) is 15.0. The van der Waals surface area contributed by atoms with Gasteiger partial charge in [-0.3, -0.25) is 4.79 Å². The van der Waals surface area contributed by atoms with Gasteiger partial charge in [0.2, 0.25) is 0 Å². The summed E-state index contributed by atoms with van der Waals surface area (Å²) >= 11 is 1.56. The molecule has 120 valence electrons. The fourth-order valence-electron chi connectivity index (χ4n) is 2.90. The molecule has 0 aliphatic heterocycles. The molecular formula is C17H20N3O2S+. The van der Waals surface area contributed by atoms with Gasteiger partial charge in [0.05, 0.1) is 11.8 Å². The van der Waals surface area contributed by atoms with Crippen molar-refractivity contribution in [2.24, 2.45) is 0 Å². The summed E-state index contributed by atoms with van der Waals surface area (Å²) in [6.07, 6.45) is 5.90. The Morgan fingerprint density at radius 3 is 3.09 bits per heavy atom. The fourth-order valence-corrected chi connectivity index (χ4v) is 4.16. The van der Waals surface area contributed by atoms with Gasteiger partial charge in [0, 0.05) is 4.88 Å². The zero-order chi connectivity index (χ0) is 16.2. The van der Waals surface area contributed by atoms with E-state index in [-0.39, 0.29) is 11.9 Å². The number of hydrogen-bond acceptors (Lipinski definition) is 4. The van der Waals surface area contributed by atoms with Crippen LogP contribution >= 0.6 is 11.3 Å². The van der Waals surface area contributed by atoms with Crippen LogP contribution in [0.25, 0.3) is 0 Å². The Bertz CT molecular complexity index is 728. The van der Waals surface area contributed by atoms with Gasteiger partial charge in [-0.1, -0.05) is 0 Å². The van der Waals surface area contributed by atoms with Crippen molar-refractivity contribution in [3.05, 3.63) is 40.2 Å². The molecule has 0 unspecified atom stereocenters. The van der Waals surface area contributed by atoms with Crippen LogP contribution in [0.5, 0.6) is 0 Å². The van der Waals surface area contributed by atoms with E-state index < -0.39 is 0 Å². The molecule has 23 heavy (non-hydrogen) atoms. The molecule has 1 aliphatic rings. The first kappa shape index (κ1) is 15.8. The number of hydrogen-bond donors (Lipinski definition) is 2. The third-order valence-corrected chi connectivity index (χ3v) is 5.39. The summed E-state index contributed by atoms with van der Waals surface area (Å²) in [5.41, 5.74) is 1.81. The van der Waals surface area contributed by atoms with Gasteiger partial charge in [0.25, 0.3) is 5.91 Å². The summed E-state index contributed by atoms with van der Waals surface area (Å²) in [7, 11) is 0.